The third-order valence-corrected chi connectivity index (χ3v) is 10.5. The van der Waals surface area contributed by atoms with Gasteiger partial charge in [0.1, 0.15) is 0 Å². The van der Waals surface area contributed by atoms with Gasteiger partial charge in [-0.05, 0) is 49.5 Å². The molecular weight excluding hydrogens is 312 g/mol. The minimum Gasteiger partial charge on any atom is -0.411 e. The molecule has 130 valence electrons. The van der Waals surface area contributed by atoms with Crippen molar-refractivity contribution in [2.75, 3.05) is 0 Å². The topological polar surface area (TPSA) is 27.1 Å². The number of hydrogen-bond acceptors (Lipinski definition) is 2. The summed E-state index contributed by atoms with van der Waals surface area (Å²) in [6.45, 7) is 17.8. The fraction of sp³-hybridized carbons (Fsp3) is 0.550. The van der Waals surface area contributed by atoms with Crippen molar-refractivity contribution in [3.63, 3.8) is 0 Å². The molecule has 0 bridgehead atoms. The summed E-state index contributed by atoms with van der Waals surface area (Å²) in [4.78, 5) is 4.57. The lowest BCUT2D eigenvalue weighted by atomic mass is 9.77. The van der Waals surface area contributed by atoms with Gasteiger partial charge in [0.25, 0.3) is 0 Å². The second-order valence-corrected chi connectivity index (χ2v) is 13.7. The Kier molecular flexibility index (Phi) is 4.04. The summed E-state index contributed by atoms with van der Waals surface area (Å²) < 4.78 is 9.03. The van der Waals surface area contributed by atoms with Crippen LogP contribution in [0.15, 0.2) is 31.1 Å². The van der Waals surface area contributed by atoms with E-state index in [1.54, 1.807) is 0 Å². The van der Waals surface area contributed by atoms with Gasteiger partial charge in [0, 0.05) is 6.04 Å². The monoisotopic (exact) mass is 342 g/mol. The highest BCUT2D eigenvalue weighted by Gasteiger charge is 2.49. The van der Waals surface area contributed by atoms with Gasteiger partial charge in [0.05, 0.1) is 23.0 Å². The zero-order chi connectivity index (χ0) is 17.8. The molecule has 1 saturated carbocycles. The lowest BCUT2D eigenvalue weighted by Gasteiger charge is -2.52. The van der Waals surface area contributed by atoms with E-state index >= 15 is 0 Å². The normalized spacial score (nSPS) is 24.8. The number of fused-ring (bicyclic) bond motifs is 1. The number of para-hydroxylation sites is 1. The smallest absolute Gasteiger partial charge is 0.192 e. The lowest BCUT2D eigenvalue weighted by molar-refractivity contribution is -0.0377. The van der Waals surface area contributed by atoms with Crippen molar-refractivity contribution >= 4 is 25.4 Å². The first-order valence-corrected chi connectivity index (χ1v) is 11.8. The zero-order valence-corrected chi connectivity index (χ0v) is 16.9. The van der Waals surface area contributed by atoms with Gasteiger partial charge in [-0.2, -0.15) is 0 Å². The van der Waals surface area contributed by atoms with Gasteiger partial charge in [-0.25, -0.2) is 4.98 Å². The van der Waals surface area contributed by atoms with Crippen LogP contribution in [-0.2, 0) is 4.43 Å². The first kappa shape index (κ1) is 17.4. The van der Waals surface area contributed by atoms with E-state index < -0.39 is 8.32 Å². The minimum atomic E-state index is -1.74. The standard InChI is InChI=1S/C20H30N2OSi/c1-8-15-10-9-11-17-18(15)22(14-21-17)16-12-20(5,13-16)23-24(6,7)19(2,3)4/h8-11,14,16H,1,12-13H2,2-7H3/t16-,20+. The molecule has 0 atom stereocenters. The molecule has 3 nitrogen and oxygen atoms in total. The number of benzene rings is 1. The van der Waals surface area contributed by atoms with E-state index in [1.807, 2.05) is 18.5 Å². The average molecular weight is 343 g/mol. The summed E-state index contributed by atoms with van der Waals surface area (Å²) in [6.07, 6.45) is 6.01. The van der Waals surface area contributed by atoms with Crippen LogP contribution in [0.25, 0.3) is 17.1 Å². The summed E-state index contributed by atoms with van der Waals surface area (Å²) >= 11 is 0. The van der Waals surface area contributed by atoms with Gasteiger partial charge < -0.3 is 8.99 Å². The highest BCUT2D eigenvalue weighted by atomic mass is 28.4. The second kappa shape index (κ2) is 5.56. The molecule has 1 aliphatic carbocycles. The summed E-state index contributed by atoms with van der Waals surface area (Å²) in [5.74, 6) is 0. The number of hydrogen-bond donors (Lipinski definition) is 0. The maximum absolute atomic E-state index is 6.71. The van der Waals surface area contributed by atoms with Crippen molar-refractivity contribution in [2.24, 2.45) is 0 Å². The highest BCUT2D eigenvalue weighted by molar-refractivity contribution is 6.74. The van der Waals surface area contributed by atoms with Crippen molar-refractivity contribution in [3.05, 3.63) is 36.7 Å². The molecule has 0 aliphatic heterocycles. The van der Waals surface area contributed by atoms with Crippen LogP contribution < -0.4 is 0 Å². The largest absolute Gasteiger partial charge is 0.411 e. The number of imidazole rings is 1. The van der Waals surface area contributed by atoms with E-state index in [9.17, 15) is 0 Å². The molecule has 4 heteroatoms. The van der Waals surface area contributed by atoms with Crippen LogP contribution in [-0.4, -0.2) is 23.5 Å². The summed E-state index contributed by atoms with van der Waals surface area (Å²) in [5, 5.41) is 0.249. The minimum absolute atomic E-state index is 0.00656. The van der Waals surface area contributed by atoms with Gasteiger partial charge in [0.2, 0.25) is 0 Å². The maximum Gasteiger partial charge on any atom is 0.192 e. The molecule has 1 aromatic carbocycles. The van der Waals surface area contributed by atoms with Crippen molar-refractivity contribution in [1.82, 2.24) is 9.55 Å². The Morgan fingerprint density at radius 1 is 1.33 bits per heavy atom. The molecule has 0 unspecified atom stereocenters. The second-order valence-electron chi connectivity index (χ2n) is 8.95. The Bertz CT molecular complexity index is 764. The Labute approximate surface area is 146 Å². The Morgan fingerprint density at radius 2 is 2.00 bits per heavy atom. The average Bonchev–Trinajstić information content (AvgIpc) is 2.86. The van der Waals surface area contributed by atoms with E-state index in [1.165, 1.54) is 5.52 Å². The van der Waals surface area contributed by atoms with Crippen LogP contribution >= 0.6 is 0 Å². The molecule has 3 rings (SSSR count). The van der Waals surface area contributed by atoms with E-state index in [-0.39, 0.29) is 10.6 Å². The van der Waals surface area contributed by atoms with Crippen LogP contribution in [0.5, 0.6) is 0 Å². The van der Waals surface area contributed by atoms with E-state index in [0.29, 0.717) is 6.04 Å². The van der Waals surface area contributed by atoms with Crippen molar-refractivity contribution in [1.29, 1.82) is 0 Å². The first-order valence-electron chi connectivity index (χ1n) is 8.84. The van der Waals surface area contributed by atoms with Gasteiger partial charge in [0.15, 0.2) is 8.32 Å². The molecule has 24 heavy (non-hydrogen) atoms. The Morgan fingerprint density at radius 3 is 2.58 bits per heavy atom. The molecule has 0 spiro atoms. The van der Waals surface area contributed by atoms with Crippen LogP contribution in [0.3, 0.4) is 0 Å². The SMILES string of the molecule is C=Cc1cccc2ncn([C@H]3C[C@@](C)(O[Si](C)(C)C(C)(C)C)C3)c12. The lowest BCUT2D eigenvalue weighted by Crippen LogP contribution is -2.54. The van der Waals surface area contributed by atoms with Crippen LogP contribution in [0.4, 0.5) is 0 Å². The van der Waals surface area contributed by atoms with E-state index in [2.05, 4.69) is 69.1 Å². The van der Waals surface area contributed by atoms with Gasteiger partial charge >= 0.3 is 0 Å². The molecule has 0 N–H and O–H groups in total. The third kappa shape index (κ3) is 2.86. The van der Waals surface area contributed by atoms with Crippen molar-refractivity contribution < 1.29 is 4.43 Å². The predicted octanol–water partition coefficient (Wildman–Crippen LogP) is 5.79. The number of aromatic nitrogens is 2. The van der Waals surface area contributed by atoms with Gasteiger partial charge in [-0.15, -0.1) is 0 Å². The fourth-order valence-corrected chi connectivity index (χ4v) is 5.25. The molecule has 1 aromatic heterocycles. The molecule has 1 heterocycles. The highest BCUT2D eigenvalue weighted by Crippen LogP contribution is 2.49. The van der Waals surface area contributed by atoms with E-state index in [4.69, 9.17) is 4.43 Å². The van der Waals surface area contributed by atoms with Crippen LogP contribution in [0.2, 0.25) is 18.1 Å². The van der Waals surface area contributed by atoms with Crippen LogP contribution in [0, 0.1) is 0 Å². The van der Waals surface area contributed by atoms with Gasteiger partial charge in [-0.3, -0.25) is 0 Å². The maximum atomic E-state index is 6.71. The fourth-order valence-electron chi connectivity index (χ4n) is 3.54. The molecule has 1 fully saturated rings. The summed E-state index contributed by atoms with van der Waals surface area (Å²) in [7, 11) is -1.74. The van der Waals surface area contributed by atoms with Crippen LogP contribution in [0.1, 0.15) is 52.1 Å². The predicted molar refractivity (Wildman–Crippen MR) is 105 cm³/mol. The first-order chi connectivity index (χ1) is 11.1. The van der Waals surface area contributed by atoms with Crippen molar-refractivity contribution in [2.45, 2.75) is 70.3 Å². The number of nitrogens with zero attached hydrogens (tertiary/aromatic N) is 2. The quantitative estimate of drug-likeness (QED) is 0.657. The summed E-state index contributed by atoms with van der Waals surface area (Å²) in [5.41, 5.74) is 3.40. The van der Waals surface area contributed by atoms with E-state index in [0.717, 1.165) is 23.9 Å². The number of rotatable bonds is 4. The van der Waals surface area contributed by atoms with Crippen molar-refractivity contribution in [3.8, 4) is 0 Å². The summed E-state index contributed by atoms with van der Waals surface area (Å²) in [6, 6.07) is 6.69. The third-order valence-electron chi connectivity index (χ3n) is 5.88. The Balaban J connectivity index is 1.81. The molecule has 0 saturated heterocycles. The zero-order valence-electron chi connectivity index (χ0n) is 15.9. The molecule has 0 radical (unpaired) electrons. The molecule has 0 amide bonds. The van der Waals surface area contributed by atoms with Gasteiger partial charge in [-0.1, -0.05) is 45.6 Å². The molecule has 2 aromatic rings. The molecular formula is C20H30N2OSi. The molecule has 1 aliphatic rings. The Hall–Kier alpha value is -1.39.